The molecule has 0 unspecified atom stereocenters. The van der Waals surface area contributed by atoms with Crippen molar-refractivity contribution in [2.45, 2.75) is 31.5 Å². The van der Waals surface area contributed by atoms with Crippen LogP contribution in [0.25, 0.3) is 0 Å². The van der Waals surface area contributed by atoms with E-state index in [4.69, 9.17) is 14.2 Å². The van der Waals surface area contributed by atoms with E-state index in [0.717, 1.165) is 0 Å². The fourth-order valence-corrected chi connectivity index (χ4v) is 2.45. The highest BCUT2D eigenvalue weighted by molar-refractivity contribution is 5.76. The maximum atomic E-state index is 11.7. The minimum atomic E-state index is -0.0471. The van der Waals surface area contributed by atoms with Gasteiger partial charge in [-0.25, -0.2) is 0 Å². The predicted molar refractivity (Wildman–Crippen MR) is 66.3 cm³/mol. The van der Waals surface area contributed by atoms with Crippen LogP contribution in [0.5, 0.6) is 0 Å². The van der Waals surface area contributed by atoms with Crippen LogP contribution in [0.4, 0.5) is 0 Å². The number of nitrogens with one attached hydrogen (secondary N) is 1. The van der Waals surface area contributed by atoms with E-state index in [1.54, 1.807) is 14.2 Å². The topological polar surface area (TPSA) is 56.8 Å². The molecule has 1 saturated carbocycles. The van der Waals surface area contributed by atoms with Crippen molar-refractivity contribution in [3.63, 3.8) is 0 Å². The van der Waals surface area contributed by atoms with Gasteiger partial charge in [0.2, 0.25) is 5.91 Å². The van der Waals surface area contributed by atoms with Gasteiger partial charge in [-0.15, -0.1) is 0 Å². The van der Waals surface area contributed by atoms with Crippen LogP contribution in [0.3, 0.4) is 0 Å². The van der Waals surface area contributed by atoms with Gasteiger partial charge in [-0.3, -0.25) is 4.79 Å². The second-order valence-corrected chi connectivity index (χ2v) is 5.22. The minimum absolute atomic E-state index is 0.00928. The van der Waals surface area contributed by atoms with Crippen LogP contribution in [0.2, 0.25) is 0 Å². The summed E-state index contributed by atoms with van der Waals surface area (Å²) in [5.41, 5.74) is 0. The lowest BCUT2D eigenvalue weighted by Crippen LogP contribution is -2.50. The smallest absolute Gasteiger partial charge is 0.220 e. The molecular formula is C13H23NO4. The van der Waals surface area contributed by atoms with Crippen molar-refractivity contribution in [3.05, 3.63) is 0 Å². The molecule has 0 aromatic rings. The van der Waals surface area contributed by atoms with Gasteiger partial charge in [0.1, 0.15) is 6.10 Å². The largest absolute Gasteiger partial charge is 0.378 e. The van der Waals surface area contributed by atoms with Gasteiger partial charge < -0.3 is 19.5 Å². The quantitative estimate of drug-likeness (QED) is 0.756. The van der Waals surface area contributed by atoms with Crippen LogP contribution in [0, 0.1) is 11.8 Å². The maximum Gasteiger partial charge on any atom is 0.220 e. The molecule has 2 fully saturated rings. The fraction of sp³-hybridized carbons (Fsp3) is 0.923. The Morgan fingerprint density at radius 2 is 2.06 bits per heavy atom. The molecule has 1 N–H and O–H groups in total. The Morgan fingerprint density at radius 1 is 1.28 bits per heavy atom. The van der Waals surface area contributed by atoms with Crippen LogP contribution < -0.4 is 5.32 Å². The Balaban J connectivity index is 1.76. The predicted octanol–water partition coefficient (Wildman–Crippen LogP) is 0.579. The van der Waals surface area contributed by atoms with Gasteiger partial charge in [-0.2, -0.15) is 0 Å². The monoisotopic (exact) mass is 257 g/mol. The van der Waals surface area contributed by atoms with Crippen LogP contribution in [0.15, 0.2) is 0 Å². The van der Waals surface area contributed by atoms with E-state index in [0.29, 0.717) is 32.1 Å². The first kappa shape index (κ1) is 13.8. The van der Waals surface area contributed by atoms with E-state index in [2.05, 4.69) is 5.32 Å². The molecule has 1 aliphatic carbocycles. The summed E-state index contributed by atoms with van der Waals surface area (Å²) in [6, 6.07) is 0. The minimum Gasteiger partial charge on any atom is -0.378 e. The van der Waals surface area contributed by atoms with Gasteiger partial charge in [0.25, 0.3) is 0 Å². The van der Waals surface area contributed by atoms with Crippen molar-refractivity contribution < 1.29 is 19.0 Å². The lowest BCUT2D eigenvalue weighted by atomic mass is 9.96. The first-order chi connectivity index (χ1) is 8.74. The highest BCUT2D eigenvalue weighted by Gasteiger charge is 2.34. The van der Waals surface area contributed by atoms with Gasteiger partial charge in [0, 0.05) is 33.1 Å². The Morgan fingerprint density at radius 3 is 2.67 bits per heavy atom. The van der Waals surface area contributed by atoms with Gasteiger partial charge in [0.15, 0.2) is 0 Å². The molecule has 18 heavy (non-hydrogen) atoms. The maximum absolute atomic E-state index is 11.7. The standard InChI is InChI=1S/C13H23NO4/c1-16-11-8-18-7-10(13(11)17-2)6-14-12(15)5-9-3-4-9/h9-11,13H,3-8H2,1-2H3,(H,14,15)/t10-,11-,13+/m1/s1. The van der Waals surface area contributed by atoms with E-state index in [9.17, 15) is 4.79 Å². The number of hydrogen-bond donors (Lipinski definition) is 1. The summed E-state index contributed by atoms with van der Waals surface area (Å²) in [6.07, 6.45) is 3.01. The van der Waals surface area contributed by atoms with Gasteiger partial charge in [-0.1, -0.05) is 0 Å². The Kier molecular flexibility index (Phi) is 4.97. The first-order valence-corrected chi connectivity index (χ1v) is 6.64. The average molecular weight is 257 g/mol. The van der Waals surface area contributed by atoms with Crippen molar-refractivity contribution >= 4 is 5.91 Å². The van der Waals surface area contributed by atoms with Crippen molar-refractivity contribution in [3.8, 4) is 0 Å². The van der Waals surface area contributed by atoms with Gasteiger partial charge in [-0.05, 0) is 18.8 Å². The summed E-state index contributed by atoms with van der Waals surface area (Å²) in [4.78, 5) is 11.7. The fourth-order valence-electron chi connectivity index (χ4n) is 2.45. The number of methoxy groups -OCH3 is 2. The molecule has 1 heterocycles. The highest BCUT2D eigenvalue weighted by atomic mass is 16.6. The molecule has 5 nitrogen and oxygen atoms in total. The van der Waals surface area contributed by atoms with Crippen LogP contribution in [-0.2, 0) is 19.0 Å². The molecule has 1 saturated heterocycles. The summed E-state index contributed by atoms with van der Waals surface area (Å²) in [6.45, 7) is 1.77. The third-order valence-electron chi connectivity index (χ3n) is 3.75. The molecule has 1 aliphatic heterocycles. The molecule has 0 aromatic carbocycles. The van der Waals surface area contributed by atoms with E-state index in [1.165, 1.54) is 12.8 Å². The van der Waals surface area contributed by atoms with Crippen molar-refractivity contribution in [2.24, 2.45) is 11.8 Å². The average Bonchev–Trinajstić information content (AvgIpc) is 3.19. The van der Waals surface area contributed by atoms with E-state index < -0.39 is 0 Å². The Labute approximate surface area is 108 Å². The number of carbonyl (C=O) groups is 1. The van der Waals surface area contributed by atoms with Gasteiger partial charge in [0.05, 0.1) is 19.3 Å². The summed E-state index contributed by atoms with van der Waals surface area (Å²) in [5, 5.41) is 2.98. The second kappa shape index (κ2) is 6.50. The zero-order chi connectivity index (χ0) is 13.0. The number of rotatable bonds is 6. The van der Waals surface area contributed by atoms with Crippen LogP contribution in [-0.4, -0.2) is 52.1 Å². The lowest BCUT2D eigenvalue weighted by molar-refractivity contribution is -0.147. The molecule has 0 radical (unpaired) electrons. The Bertz CT molecular complexity index is 280. The molecular weight excluding hydrogens is 234 g/mol. The third kappa shape index (κ3) is 3.67. The second-order valence-electron chi connectivity index (χ2n) is 5.22. The Hall–Kier alpha value is -0.650. The highest BCUT2D eigenvalue weighted by Crippen LogP contribution is 2.32. The van der Waals surface area contributed by atoms with Crippen LogP contribution in [0.1, 0.15) is 19.3 Å². The van der Waals surface area contributed by atoms with E-state index >= 15 is 0 Å². The normalized spacial score (nSPS) is 32.2. The summed E-state index contributed by atoms with van der Waals surface area (Å²) in [7, 11) is 3.34. The summed E-state index contributed by atoms with van der Waals surface area (Å²) < 4.78 is 16.3. The number of amides is 1. The first-order valence-electron chi connectivity index (χ1n) is 6.64. The van der Waals surface area contributed by atoms with Crippen molar-refractivity contribution in [1.29, 1.82) is 0 Å². The lowest BCUT2D eigenvalue weighted by Gasteiger charge is -2.36. The van der Waals surface area contributed by atoms with Crippen molar-refractivity contribution in [2.75, 3.05) is 34.0 Å². The summed E-state index contributed by atoms with van der Waals surface area (Å²) >= 11 is 0. The SMILES string of the molecule is CO[C@H]1[C@H](CNC(=O)CC2CC2)COC[C@H]1OC. The molecule has 2 aliphatic rings. The molecule has 0 aromatic heterocycles. The molecule has 104 valence electrons. The number of hydrogen-bond acceptors (Lipinski definition) is 4. The molecule has 3 atom stereocenters. The molecule has 5 heteroatoms. The van der Waals surface area contributed by atoms with Crippen molar-refractivity contribution in [1.82, 2.24) is 5.32 Å². The third-order valence-corrected chi connectivity index (χ3v) is 3.75. The molecule has 1 amide bonds. The zero-order valence-electron chi connectivity index (χ0n) is 11.2. The molecule has 0 spiro atoms. The van der Waals surface area contributed by atoms with Crippen LogP contribution >= 0.6 is 0 Å². The van der Waals surface area contributed by atoms with E-state index in [-0.39, 0.29) is 24.0 Å². The number of ether oxygens (including phenoxy) is 3. The summed E-state index contributed by atoms with van der Waals surface area (Å²) in [5.74, 6) is 0.932. The zero-order valence-corrected chi connectivity index (χ0v) is 11.2. The molecule has 2 rings (SSSR count). The number of carbonyl (C=O) groups excluding carboxylic acids is 1. The molecule has 0 bridgehead atoms. The van der Waals surface area contributed by atoms with Gasteiger partial charge >= 0.3 is 0 Å². The van der Waals surface area contributed by atoms with E-state index in [1.807, 2.05) is 0 Å².